The number of piperidine rings is 1. The van der Waals surface area contributed by atoms with Crippen molar-refractivity contribution in [2.45, 2.75) is 12.8 Å². The van der Waals surface area contributed by atoms with Crippen molar-refractivity contribution in [2.24, 2.45) is 5.92 Å². The number of para-hydroxylation sites is 1. The normalized spacial score (nSPS) is 16.1. The van der Waals surface area contributed by atoms with Crippen molar-refractivity contribution < 1.29 is 9.21 Å². The number of fused-ring (bicyclic) bond motifs is 2. The van der Waals surface area contributed by atoms with E-state index in [0.717, 1.165) is 51.9 Å². The van der Waals surface area contributed by atoms with Gasteiger partial charge in [0.2, 0.25) is 0 Å². The molecule has 1 unspecified atom stereocenters. The number of nitrogens with one attached hydrogen (secondary N) is 1. The van der Waals surface area contributed by atoms with E-state index in [4.69, 9.17) is 21.0 Å². The molecule has 2 aromatic carbocycles. The fourth-order valence-electron chi connectivity index (χ4n) is 4.78. The highest BCUT2D eigenvalue weighted by atomic mass is 79.9. The molecule has 1 amide bonds. The van der Waals surface area contributed by atoms with E-state index in [1.807, 2.05) is 65.6 Å². The number of halogens is 2. The Morgan fingerprint density at radius 1 is 1.17 bits per heavy atom. The lowest BCUT2D eigenvalue weighted by atomic mass is 9.97. The maximum Gasteiger partial charge on any atom is 0.289 e. The van der Waals surface area contributed by atoms with Gasteiger partial charge in [0.05, 0.1) is 16.4 Å². The summed E-state index contributed by atoms with van der Waals surface area (Å²) in [5.74, 6) is 1.45. The van der Waals surface area contributed by atoms with Crippen LogP contribution in [0.15, 0.2) is 75.8 Å². The first-order chi connectivity index (χ1) is 17.6. The van der Waals surface area contributed by atoms with E-state index in [-0.39, 0.29) is 11.8 Å². The molecule has 7 nitrogen and oxygen atoms in total. The number of benzene rings is 2. The summed E-state index contributed by atoms with van der Waals surface area (Å²) >= 11 is 10.0. The average molecular weight is 565 g/mol. The quantitative estimate of drug-likeness (QED) is 0.263. The van der Waals surface area contributed by atoms with Crippen LogP contribution >= 0.6 is 27.5 Å². The molecule has 6 rings (SSSR count). The number of carbonyl (C=O) groups is 1. The lowest BCUT2D eigenvalue weighted by molar-refractivity contribution is 0.0650. The van der Waals surface area contributed by atoms with Gasteiger partial charge in [-0.25, -0.2) is 4.98 Å². The van der Waals surface area contributed by atoms with E-state index >= 15 is 0 Å². The van der Waals surface area contributed by atoms with Gasteiger partial charge in [0.15, 0.2) is 11.4 Å². The molecule has 0 saturated carbocycles. The minimum absolute atomic E-state index is 0.0563. The van der Waals surface area contributed by atoms with Gasteiger partial charge >= 0.3 is 0 Å². The molecular formula is C27H23BrClN5O2. The van der Waals surface area contributed by atoms with Gasteiger partial charge in [0, 0.05) is 41.7 Å². The van der Waals surface area contributed by atoms with Crippen molar-refractivity contribution in [3.05, 3.63) is 82.1 Å². The molecule has 0 radical (unpaired) electrons. The predicted molar refractivity (Wildman–Crippen MR) is 144 cm³/mol. The Bertz CT molecular complexity index is 1550. The molecule has 1 aliphatic rings. The number of rotatable bonds is 5. The predicted octanol–water partition coefficient (Wildman–Crippen LogP) is 6.52. The number of anilines is 1. The zero-order valence-electron chi connectivity index (χ0n) is 19.3. The second-order valence-electron chi connectivity index (χ2n) is 9.02. The topological polar surface area (TPSA) is 75.7 Å². The van der Waals surface area contributed by atoms with E-state index in [0.29, 0.717) is 29.5 Å². The third kappa shape index (κ3) is 4.35. The van der Waals surface area contributed by atoms with E-state index in [1.54, 1.807) is 10.7 Å². The van der Waals surface area contributed by atoms with Gasteiger partial charge in [-0.1, -0.05) is 48.0 Å². The third-order valence-corrected chi connectivity index (χ3v) is 7.48. The number of nitrogens with zero attached hydrogens (tertiary/aromatic N) is 4. The van der Waals surface area contributed by atoms with Crippen LogP contribution in [0, 0.1) is 5.92 Å². The number of carbonyl (C=O) groups excluding carboxylic acids is 1. The molecule has 1 atom stereocenters. The first-order valence-electron chi connectivity index (χ1n) is 11.9. The minimum atomic E-state index is -0.0563. The Hall–Kier alpha value is -3.36. The SMILES string of the molecule is O=C(c1cc2ccccc2o1)N1CCCC(CNc2cc(-c3ccccc3Cl)nc3c(Br)cnn23)C1. The van der Waals surface area contributed by atoms with Crippen LogP contribution in [0.3, 0.4) is 0 Å². The standard InChI is InChI=1S/C27H23BrClN5O2/c28-20-15-31-34-25(13-22(32-26(20)34)19-8-2-3-9-21(19)29)30-14-17-6-5-11-33(16-17)27(35)24-12-18-7-1-4-10-23(18)36-24/h1-4,7-10,12-13,15,17,30H,5-6,11,14,16H2. The van der Waals surface area contributed by atoms with Crippen LogP contribution in [0.1, 0.15) is 23.4 Å². The van der Waals surface area contributed by atoms with Crippen LogP contribution in [0.4, 0.5) is 5.82 Å². The molecule has 5 aromatic rings. The Kier molecular flexibility index (Phi) is 6.15. The van der Waals surface area contributed by atoms with E-state index < -0.39 is 0 Å². The highest BCUT2D eigenvalue weighted by molar-refractivity contribution is 9.10. The molecule has 36 heavy (non-hydrogen) atoms. The summed E-state index contributed by atoms with van der Waals surface area (Å²) in [4.78, 5) is 19.8. The maximum atomic E-state index is 13.2. The molecule has 0 spiro atoms. The summed E-state index contributed by atoms with van der Waals surface area (Å²) in [5, 5.41) is 9.62. The summed E-state index contributed by atoms with van der Waals surface area (Å²) in [7, 11) is 0. The van der Waals surface area contributed by atoms with Crippen molar-refractivity contribution in [1.29, 1.82) is 0 Å². The fourth-order valence-corrected chi connectivity index (χ4v) is 5.36. The van der Waals surface area contributed by atoms with E-state index in [1.165, 1.54) is 0 Å². The van der Waals surface area contributed by atoms with Gasteiger partial charge in [0.1, 0.15) is 11.4 Å². The molecule has 1 aliphatic heterocycles. The Morgan fingerprint density at radius 3 is 2.86 bits per heavy atom. The van der Waals surface area contributed by atoms with Gasteiger partial charge in [-0.2, -0.15) is 9.61 Å². The molecule has 4 heterocycles. The first kappa shape index (κ1) is 23.1. The van der Waals surface area contributed by atoms with E-state index in [2.05, 4.69) is 26.3 Å². The summed E-state index contributed by atoms with van der Waals surface area (Å²) in [6.45, 7) is 2.09. The van der Waals surface area contributed by atoms with Crippen molar-refractivity contribution >= 4 is 55.9 Å². The van der Waals surface area contributed by atoms with Gasteiger partial charge < -0.3 is 14.6 Å². The zero-order chi connectivity index (χ0) is 24.6. The Balaban J connectivity index is 1.21. The number of amides is 1. The number of hydrogen-bond acceptors (Lipinski definition) is 5. The number of aromatic nitrogens is 3. The molecule has 182 valence electrons. The van der Waals surface area contributed by atoms with Crippen molar-refractivity contribution in [2.75, 3.05) is 25.0 Å². The fraction of sp³-hybridized carbons (Fsp3) is 0.222. The van der Waals surface area contributed by atoms with Crippen molar-refractivity contribution in [3.63, 3.8) is 0 Å². The highest BCUT2D eigenvalue weighted by Crippen LogP contribution is 2.31. The highest BCUT2D eigenvalue weighted by Gasteiger charge is 2.27. The van der Waals surface area contributed by atoms with Crippen LogP contribution < -0.4 is 5.32 Å². The summed E-state index contributed by atoms with van der Waals surface area (Å²) in [6, 6.07) is 19.2. The summed E-state index contributed by atoms with van der Waals surface area (Å²) < 4.78 is 8.41. The molecule has 1 N–H and O–H groups in total. The number of furan rings is 1. The number of hydrogen-bond donors (Lipinski definition) is 1. The maximum absolute atomic E-state index is 13.2. The lowest BCUT2D eigenvalue weighted by Crippen LogP contribution is -2.41. The van der Waals surface area contributed by atoms with Gasteiger partial charge in [-0.3, -0.25) is 4.79 Å². The molecule has 0 aliphatic carbocycles. The molecule has 1 fully saturated rings. The smallest absolute Gasteiger partial charge is 0.289 e. The largest absolute Gasteiger partial charge is 0.451 e. The van der Waals surface area contributed by atoms with Gasteiger partial charge in [-0.15, -0.1) is 0 Å². The summed E-state index contributed by atoms with van der Waals surface area (Å²) in [5.41, 5.74) is 3.07. The molecule has 1 saturated heterocycles. The second kappa shape index (κ2) is 9.59. The Morgan fingerprint density at radius 2 is 2.00 bits per heavy atom. The van der Waals surface area contributed by atoms with Crippen molar-refractivity contribution in [1.82, 2.24) is 19.5 Å². The first-order valence-corrected chi connectivity index (χ1v) is 13.0. The van der Waals surface area contributed by atoms with Crippen LogP contribution in [-0.4, -0.2) is 45.0 Å². The van der Waals surface area contributed by atoms with Crippen LogP contribution in [0.2, 0.25) is 5.02 Å². The summed E-state index contributed by atoms with van der Waals surface area (Å²) in [6.07, 6.45) is 3.71. The molecule has 9 heteroatoms. The zero-order valence-corrected chi connectivity index (χ0v) is 21.7. The third-order valence-electron chi connectivity index (χ3n) is 6.59. The average Bonchev–Trinajstić information content (AvgIpc) is 3.51. The van der Waals surface area contributed by atoms with Gasteiger partial charge in [-0.05, 0) is 52.9 Å². The van der Waals surface area contributed by atoms with Crippen LogP contribution in [-0.2, 0) is 0 Å². The van der Waals surface area contributed by atoms with Crippen molar-refractivity contribution in [3.8, 4) is 11.3 Å². The lowest BCUT2D eigenvalue weighted by Gasteiger charge is -2.32. The minimum Gasteiger partial charge on any atom is -0.451 e. The molecule has 0 bridgehead atoms. The van der Waals surface area contributed by atoms with Crippen LogP contribution in [0.5, 0.6) is 0 Å². The van der Waals surface area contributed by atoms with Gasteiger partial charge in [0.25, 0.3) is 5.91 Å². The second-order valence-corrected chi connectivity index (χ2v) is 10.3. The Labute approximate surface area is 221 Å². The molecule has 3 aromatic heterocycles. The molecular weight excluding hydrogens is 542 g/mol. The number of likely N-dealkylation sites (tertiary alicyclic amines) is 1. The van der Waals surface area contributed by atoms with E-state index in [9.17, 15) is 4.79 Å². The van der Waals surface area contributed by atoms with Crippen LogP contribution in [0.25, 0.3) is 27.9 Å². The monoisotopic (exact) mass is 563 g/mol.